The first-order chi connectivity index (χ1) is 18.2. The van der Waals surface area contributed by atoms with Gasteiger partial charge in [0, 0.05) is 37.3 Å². The molecule has 1 saturated heterocycles. The van der Waals surface area contributed by atoms with Crippen molar-refractivity contribution in [3.8, 4) is 11.5 Å². The molecule has 7 rings (SSSR count). The molecule has 2 N–H and O–H groups in total. The minimum atomic E-state index is -0.990. The van der Waals surface area contributed by atoms with E-state index in [9.17, 15) is 25.1 Å². The molecule has 0 radical (unpaired) electrons. The quantitative estimate of drug-likeness (QED) is 0.445. The maximum Gasteiger partial charge on any atom is 0.269 e. The zero-order valence-corrected chi connectivity index (χ0v) is 21.5. The summed E-state index contributed by atoms with van der Waals surface area (Å²) in [4.78, 5) is 28.2. The summed E-state index contributed by atoms with van der Waals surface area (Å²) in [7, 11) is 1.79. The summed E-state index contributed by atoms with van der Waals surface area (Å²) in [6.07, 6.45) is 4.81. The number of aromatic hydroxyl groups is 1. The van der Waals surface area contributed by atoms with Gasteiger partial charge in [0.05, 0.1) is 28.4 Å². The number of amides is 1. The Morgan fingerprint density at radius 3 is 2.66 bits per heavy atom. The lowest BCUT2D eigenvalue weighted by Gasteiger charge is -2.64. The van der Waals surface area contributed by atoms with Gasteiger partial charge in [-0.15, -0.1) is 0 Å². The van der Waals surface area contributed by atoms with E-state index in [1.165, 1.54) is 25.0 Å². The molecule has 2 heterocycles. The van der Waals surface area contributed by atoms with Gasteiger partial charge in [0.1, 0.15) is 6.10 Å². The Kier molecular flexibility index (Phi) is 5.14. The van der Waals surface area contributed by atoms with E-state index in [1.54, 1.807) is 30.1 Å². The largest absolute Gasteiger partial charge is 0.504 e. The van der Waals surface area contributed by atoms with Crippen molar-refractivity contribution in [2.75, 3.05) is 20.1 Å². The molecule has 0 unspecified atom stereocenters. The number of hydrogen-bond donors (Lipinski definition) is 2. The molecule has 2 aliphatic heterocycles. The van der Waals surface area contributed by atoms with Crippen LogP contribution in [0.5, 0.6) is 11.5 Å². The number of nitro groups is 1. The number of carbonyl (C=O) groups is 1. The van der Waals surface area contributed by atoms with Gasteiger partial charge in [-0.25, -0.2) is 0 Å². The number of likely N-dealkylation sites (N-methyl/N-ethyl adjacent to an activating group) is 1. The van der Waals surface area contributed by atoms with Crippen molar-refractivity contribution in [1.29, 1.82) is 0 Å². The van der Waals surface area contributed by atoms with Crippen LogP contribution in [0.2, 0.25) is 0 Å². The van der Waals surface area contributed by atoms with Gasteiger partial charge in [0.2, 0.25) is 5.91 Å². The average Bonchev–Trinajstić information content (AvgIpc) is 3.64. The SMILES string of the molecule is CN(C(=O)Cc1ccc([N+](=O)[O-])cc1)[C@@H]1CC[C@@]2(O)[C@H]3Cc4ccc(O)c5c4[C@@]2(CCN3CC2CC2)[C@H]1O5. The van der Waals surface area contributed by atoms with Gasteiger partial charge in [-0.1, -0.05) is 18.2 Å². The Labute approximate surface area is 221 Å². The van der Waals surface area contributed by atoms with Crippen molar-refractivity contribution in [2.24, 2.45) is 5.92 Å². The summed E-state index contributed by atoms with van der Waals surface area (Å²) in [5.41, 5.74) is 1.12. The summed E-state index contributed by atoms with van der Waals surface area (Å²) < 4.78 is 6.58. The van der Waals surface area contributed by atoms with Gasteiger partial charge >= 0.3 is 0 Å². The van der Waals surface area contributed by atoms with E-state index >= 15 is 0 Å². The number of phenols is 1. The maximum absolute atomic E-state index is 13.5. The summed E-state index contributed by atoms with van der Waals surface area (Å²) in [5.74, 6) is 1.18. The number of rotatable bonds is 6. The second-order valence-electron chi connectivity index (χ2n) is 12.0. The molecular formula is C29H33N3O6. The van der Waals surface area contributed by atoms with Crippen molar-refractivity contribution in [2.45, 2.75) is 74.1 Å². The Bertz CT molecular complexity index is 1330. The number of hydrogen-bond acceptors (Lipinski definition) is 7. The molecule has 200 valence electrons. The van der Waals surface area contributed by atoms with Crippen LogP contribution < -0.4 is 4.74 Å². The number of aliphatic hydroxyl groups is 1. The summed E-state index contributed by atoms with van der Waals surface area (Å²) in [5, 5.41) is 34.4. The van der Waals surface area contributed by atoms with Crippen LogP contribution in [-0.4, -0.2) is 74.8 Å². The number of ether oxygens (including phenoxy) is 1. The van der Waals surface area contributed by atoms with Gasteiger partial charge in [0.25, 0.3) is 5.69 Å². The minimum Gasteiger partial charge on any atom is -0.504 e. The van der Waals surface area contributed by atoms with Crippen LogP contribution in [0.1, 0.15) is 48.8 Å². The third kappa shape index (κ3) is 3.21. The fraction of sp³-hybridized carbons (Fsp3) is 0.552. The monoisotopic (exact) mass is 519 g/mol. The summed E-state index contributed by atoms with van der Waals surface area (Å²) in [6, 6.07) is 9.49. The van der Waals surface area contributed by atoms with E-state index in [2.05, 4.69) is 4.90 Å². The second-order valence-corrected chi connectivity index (χ2v) is 12.0. The third-order valence-electron chi connectivity index (χ3n) is 10.1. The van der Waals surface area contributed by atoms with Gasteiger partial charge in [0.15, 0.2) is 11.5 Å². The molecule has 0 aromatic heterocycles. The topological polar surface area (TPSA) is 116 Å². The highest BCUT2D eigenvalue weighted by Gasteiger charge is 2.73. The summed E-state index contributed by atoms with van der Waals surface area (Å²) >= 11 is 0. The molecule has 2 aromatic rings. The van der Waals surface area contributed by atoms with Crippen molar-refractivity contribution in [3.05, 3.63) is 63.2 Å². The van der Waals surface area contributed by atoms with Crippen LogP contribution in [0.4, 0.5) is 5.69 Å². The lowest BCUT2D eigenvalue weighted by atomic mass is 9.48. The highest BCUT2D eigenvalue weighted by Crippen LogP contribution is 2.66. The predicted octanol–water partition coefficient (Wildman–Crippen LogP) is 2.93. The number of piperidine rings is 1. The number of non-ortho nitro benzene ring substituents is 1. The molecule has 5 aliphatic rings. The fourth-order valence-electron chi connectivity index (χ4n) is 8.07. The first-order valence-electron chi connectivity index (χ1n) is 13.7. The third-order valence-corrected chi connectivity index (χ3v) is 10.1. The molecule has 1 amide bonds. The maximum atomic E-state index is 13.5. The molecule has 38 heavy (non-hydrogen) atoms. The molecule has 5 atom stereocenters. The van der Waals surface area contributed by atoms with Crippen LogP contribution >= 0.6 is 0 Å². The van der Waals surface area contributed by atoms with E-state index < -0.39 is 22.0 Å². The first kappa shape index (κ1) is 23.9. The average molecular weight is 520 g/mol. The number of phenolic OH excluding ortho intramolecular Hbond substituents is 1. The minimum absolute atomic E-state index is 0.00647. The normalized spacial score (nSPS) is 32.8. The Morgan fingerprint density at radius 1 is 1.18 bits per heavy atom. The molecular weight excluding hydrogens is 486 g/mol. The Morgan fingerprint density at radius 2 is 1.95 bits per heavy atom. The van der Waals surface area contributed by atoms with Gasteiger partial charge in [-0.3, -0.25) is 19.8 Å². The van der Waals surface area contributed by atoms with E-state index in [1.807, 2.05) is 6.07 Å². The van der Waals surface area contributed by atoms with Crippen molar-refractivity contribution in [3.63, 3.8) is 0 Å². The van der Waals surface area contributed by atoms with Crippen LogP contribution in [0.15, 0.2) is 36.4 Å². The molecule has 2 bridgehead atoms. The van der Waals surface area contributed by atoms with E-state index in [0.29, 0.717) is 24.2 Å². The molecule has 9 nitrogen and oxygen atoms in total. The van der Waals surface area contributed by atoms with Gasteiger partial charge in [-0.05, 0) is 68.2 Å². The van der Waals surface area contributed by atoms with Crippen LogP contribution in [0.25, 0.3) is 0 Å². The van der Waals surface area contributed by atoms with E-state index in [-0.39, 0.29) is 35.8 Å². The molecule has 9 heteroatoms. The van der Waals surface area contributed by atoms with Crippen molar-refractivity contribution < 1.29 is 24.7 Å². The van der Waals surface area contributed by atoms with Crippen LogP contribution in [0, 0.1) is 16.0 Å². The van der Waals surface area contributed by atoms with Crippen LogP contribution in [0.3, 0.4) is 0 Å². The number of nitrogens with zero attached hydrogens (tertiary/aromatic N) is 3. The highest BCUT2D eigenvalue weighted by atomic mass is 16.6. The van der Waals surface area contributed by atoms with Crippen molar-refractivity contribution >= 4 is 11.6 Å². The second kappa shape index (κ2) is 8.16. The lowest BCUT2D eigenvalue weighted by molar-refractivity contribution is -0.384. The standard InChI is InChI=1S/C29H33N3O6/c1-30(24(34)14-17-4-7-20(8-5-17)32(36)37)21-10-11-29(35)23-15-19-6-9-22(33)26-25(19)28(29,27(21)38-26)12-13-31(23)16-18-2-3-18/h4-9,18,21,23,27,33,35H,2-3,10-16H2,1H3/t21-,23-,27+,28+,29-/m1/s1. The molecule has 3 fully saturated rings. The molecule has 2 aromatic carbocycles. The van der Waals surface area contributed by atoms with E-state index in [4.69, 9.17) is 4.74 Å². The first-order valence-corrected chi connectivity index (χ1v) is 13.7. The Balaban J connectivity index is 1.22. The molecule has 3 aliphatic carbocycles. The number of benzene rings is 2. The highest BCUT2D eigenvalue weighted by molar-refractivity contribution is 5.79. The molecule has 2 saturated carbocycles. The summed E-state index contributed by atoms with van der Waals surface area (Å²) in [6.45, 7) is 1.89. The Hall–Kier alpha value is -3.17. The number of carbonyl (C=O) groups excluding carboxylic acids is 1. The number of likely N-dealkylation sites (tertiary alicyclic amines) is 1. The smallest absolute Gasteiger partial charge is 0.269 e. The van der Waals surface area contributed by atoms with E-state index in [0.717, 1.165) is 43.0 Å². The zero-order chi connectivity index (χ0) is 26.4. The van der Waals surface area contributed by atoms with Gasteiger partial charge in [-0.2, -0.15) is 0 Å². The number of nitro benzene ring substituents is 1. The van der Waals surface area contributed by atoms with Gasteiger partial charge < -0.3 is 19.8 Å². The molecule has 1 spiro atoms. The lowest BCUT2D eigenvalue weighted by Crippen LogP contribution is -2.78. The predicted molar refractivity (Wildman–Crippen MR) is 138 cm³/mol. The fourth-order valence-corrected chi connectivity index (χ4v) is 8.07. The van der Waals surface area contributed by atoms with Crippen LogP contribution in [-0.2, 0) is 23.1 Å². The zero-order valence-electron chi connectivity index (χ0n) is 21.5. The van der Waals surface area contributed by atoms with Crippen molar-refractivity contribution in [1.82, 2.24) is 9.80 Å².